The van der Waals surface area contributed by atoms with Gasteiger partial charge >= 0.3 is 6.61 Å². The van der Waals surface area contributed by atoms with E-state index < -0.39 is 6.61 Å². The minimum atomic E-state index is -2.83. The number of hydrogen-bond donors (Lipinski definition) is 0. The number of rotatable bonds is 4. The molecule has 0 bridgehead atoms. The summed E-state index contributed by atoms with van der Waals surface area (Å²) in [6.07, 6.45) is 5.89. The topological polar surface area (TPSA) is 45.4 Å². The van der Waals surface area contributed by atoms with E-state index in [1.807, 2.05) is 0 Å². The summed E-state index contributed by atoms with van der Waals surface area (Å²) in [7, 11) is 0. The van der Waals surface area contributed by atoms with E-state index in [0.717, 1.165) is 41.8 Å². The zero-order valence-corrected chi connectivity index (χ0v) is 13.1. The van der Waals surface area contributed by atoms with E-state index in [1.165, 1.54) is 17.0 Å². The standard InChI is InChI=1S/C17H14F2N2OS/c18-17(19)22-12-7-5-11(6-8-12)10-21-16-14(9-20)13-3-1-2-4-15(13)23-16/h5-8,10,17H,1-4H2. The highest BCUT2D eigenvalue weighted by Crippen LogP contribution is 2.39. The van der Waals surface area contributed by atoms with Crippen LogP contribution in [-0.4, -0.2) is 12.8 Å². The maximum atomic E-state index is 12.1. The predicted molar refractivity (Wildman–Crippen MR) is 86.0 cm³/mol. The van der Waals surface area contributed by atoms with Crippen molar-refractivity contribution in [1.29, 1.82) is 5.26 Å². The van der Waals surface area contributed by atoms with E-state index in [0.29, 0.717) is 5.56 Å². The average Bonchev–Trinajstić information content (AvgIpc) is 2.91. The Balaban J connectivity index is 1.80. The molecule has 1 aliphatic rings. The first-order valence-corrected chi connectivity index (χ1v) is 8.12. The van der Waals surface area contributed by atoms with Crippen LogP contribution < -0.4 is 4.74 Å². The number of ether oxygens (including phenoxy) is 1. The van der Waals surface area contributed by atoms with Crippen LogP contribution in [0, 0.1) is 11.3 Å². The number of thiophene rings is 1. The predicted octanol–water partition coefficient (Wildman–Crippen LogP) is 4.85. The van der Waals surface area contributed by atoms with Gasteiger partial charge in [0, 0.05) is 11.1 Å². The van der Waals surface area contributed by atoms with Crippen LogP contribution in [0.5, 0.6) is 5.75 Å². The third-order valence-corrected chi connectivity index (χ3v) is 4.90. The Morgan fingerprint density at radius 3 is 2.65 bits per heavy atom. The van der Waals surface area contributed by atoms with Gasteiger partial charge in [-0.25, -0.2) is 4.99 Å². The van der Waals surface area contributed by atoms with Crippen LogP contribution in [0.25, 0.3) is 0 Å². The second-order valence-electron chi connectivity index (χ2n) is 5.21. The quantitative estimate of drug-likeness (QED) is 0.751. The molecule has 0 atom stereocenters. The summed E-state index contributed by atoms with van der Waals surface area (Å²) in [5.41, 5.74) is 2.59. The maximum Gasteiger partial charge on any atom is 0.387 e. The molecule has 0 fully saturated rings. The SMILES string of the molecule is N#Cc1c(N=Cc2ccc(OC(F)F)cc2)sc2c1CCCC2. The lowest BCUT2D eigenvalue weighted by Crippen LogP contribution is -2.01. The lowest BCUT2D eigenvalue weighted by molar-refractivity contribution is -0.0498. The Bertz CT molecular complexity index is 760. The highest BCUT2D eigenvalue weighted by atomic mass is 32.1. The van der Waals surface area contributed by atoms with E-state index in [9.17, 15) is 14.0 Å². The lowest BCUT2D eigenvalue weighted by Gasteiger charge is -2.09. The molecule has 23 heavy (non-hydrogen) atoms. The largest absolute Gasteiger partial charge is 0.435 e. The zero-order valence-electron chi connectivity index (χ0n) is 12.3. The summed E-state index contributed by atoms with van der Waals surface area (Å²) in [6.45, 7) is -2.83. The number of nitrogens with zero attached hydrogens (tertiary/aromatic N) is 2. The molecule has 1 aliphatic carbocycles. The van der Waals surface area contributed by atoms with Gasteiger partial charge in [0.2, 0.25) is 0 Å². The molecule has 3 rings (SSSR count). The maximum absolute atomic E-state index is 12.1. The number of benzene rings is 1. The number of hydrogen-bond acceptors (Lipinski definition) is 4. The molecule has 1 heterocycles. The second kappa shape index (κ2) is 6.88. The van der Waals surface area contributed by atoms with Crippen LogP contribution in [0.3, 0.4) is 0 Å². The molecule has 0 amide bonds. The van der Waals surface area contributed by atoms with Crippen molar-refractivity contribution in [3.05, 3.63) is 45.8 Å². The van der Waals surface area contributed by atoms with Gasteiger partial charge in [0.15, 0.2) is 0 Å². The molecule has 1 aromatic heterocycles. The third kappa shape index (κ3) is 3.57. The monoisotopic (exact) mass is 332 g/mol. The number of alkyl halides is 2. The van der Waals surface area contributed by atoms with Crippen LogP contribution in [0.2, 0.25) is 0 Å². The molecule has 118 valence electrons. The summed E-state index contributed by atoms with van der Waals surface area (Å²) in [4.78, 5) is 5.69. The summed E-state index contributed by atoms with van der Waals surface area (Å²) in [5.74, 6) is 0.112. The zero-order chi connectivity index (χ0) is 16.2. The highest BCUT2D eigenvalue weighted by Gasteiger charge is 2.20. The first kappa shape index (κ1) is 15.6. The first-order chi connectivity index (χ1) is 11.2. The molecule has 0 aliphatic heterocycles. The number of halogens is 2. The molecule has 0 spiro atoms. The summed E-state index contributed by atoms with van der Waals surface area (Å²) >= 11 is 1.57. The van der Waals surface area contributed by atoms with Gasteiger partial charge in [0.1, 0.15) is 16.8 Å². The molecule has 1 aromatic carbocycles. The Labute approximate surface area is 136 Å². The Hall–Kier alpha value is -2.26. The lowest BCUT2D eigenvalue weighted by atomic mass is 9.96. The van der Waals surface area contributed by atoms with Crippen molar-refractivity contribution < 1.29 is 13.5 Å². The molecule has 2 aromatic rings. The minimum absolute atomic E-state index is 0.112. The van der Waals surface area contributed by atoms with Crippen molar-refractivity contribution in [1.82, 2.24) is 0 Å². The number of aliphatic imine (C=N–C) groups is 1. The van der Waals surface area contributed by atoms with E-state index in [2.05, 4.69) is 15.8 Å². The summed E-state index contributed by atoms with van der Waals surface area (Å²) in [5, 5.41) is 10.1. The van der Waals surface area contributed by atoms with Gasteiger partial charge in [0.05, 0.1) is 5.56 Å². The molecule has 0 saturated heterocycles. The molecule has 0 radical (unpaired) electrons. The van der Waals surface area contributed by atoms with Crippen LogP contribution in [0.1, 0.15) is 34.4 Å². The molecule has 0 saturated carbocycles. The van der Waals surface area contributed by atoms with Gasteiger partial charge in [-0.05, 0) is 61.1 Å². The van der Waals surface area contributed by atoms with Crippen LogP contribution >= 0.6 is 11.3 Å². The molecule has 6 heteroatoms. The fraction of sp³-hybridized carbons (Fsp3) is 0.294. The third-order valence-electron chi connectivity index (χ3n) is 3.70. The fourth-order valence-corrected chi connectivity index (χ4v) is 3.81. The van der Waals surface area contributed by atoms with Crippen LogP contribution in [0.15, 0.2) is 29.3 Å². The van der Waals surface area contributed by atoms with Gasteiger partial charge in [0.25, 0.3) is 0 Å². The number of fused-ring (bicyclic) bond motifs is 1. The molecular weight excluding hydrogens is 318 g/mol. The van der Waals surface area contributed by atoms with Gasteiger partial charge in [-0.1, -0.05) is 0 Å². The van der Waals surface area contributed by atoms with Crippen LogP contribution in [0.4, 0.5) is 13.8 Å². The van der Waals surface area contributed by atoms with Crippen molar-refractivity contribution in [2.24, 2.45) is 4.99 Å². The van der Waals surface area contributed by atoms with Crippen molar-refractivity contribution in [2.75, 3.05) is 0 Å². The van der Waals surface area contributed by atoms with Gasteiger partial charge in [-0.2, -0.15) is 14.0 Å². The van der Waals surface area contributed by atoms with Crippen molar-refractivity contribution in [3.63, 3.8) is 0 Å². The minimum Gasteiger partial charge on any atom is -0.435 e. The average molecular weight is 332 g/mol. The van der Waals surface area contributed by atoms with E-state index in [-0.39, 0.29) is 5.75 Å². The van der Waals surface area contributed by atoms with Gasteiger partial charge in [-0.3, -0.25) is 0 Å². The Morgan fingerprint density at radius 2 is 1.96 bits per heavy atom. The number of nitriles is 1. The van der Waals surface area contributed by atoms with Crippen molar-refractivity contribution >= 4 is 22.6 Å². The summed E-state index contributed by atoms with van der Waals surface area (Å²) < 4.78 is 28.5. The fourth-order valence-electron chi connectivity index (χ4n) is 2.63. The second-order valence-corrected chi connectivity index (χ2v) is 6.29. The summed E-state index contributed by atoms with van der Waals surface area (Å²) in [6, 6.07) is 8.51. The first-order valence-electron chi connectivity index (χ1n) is 7.31. The van der Waals surface area contributed by atoms with Gasteiger partial charge < -0.3 is 4.74 Å². The van der Waals surface area contributed by atoms with Crippen molar-refractivity contribution in [3.8, 4) is 11.8 Å². The highest BCUT2D eigenvalue weighted by molar-refractivity contribution is 7.16. The smallest absolute Gasteiger partial charge is 0.387 e. The molecular formula is C17H14F2N2OS. The van der Waals surface area contributed by atoms with Crippen molar-refractivity contribution in [2.45, 2.75) is 32.3 Å². The number of aryl methyl sites for hydroxylation is 1. The molecule has 0 N–H and O–H groups in total. The Morgan fingerprint density at radius 1 is 1.22 bits per heavy atom. The van der Waals surface area contributed by atoms with Gasteiger partial charge in [-0.15, -0.1) is 11.3 Å². The van der Waals surface area contributed by atoms with Crippen LogP contribution in [-0.2, 0) is 12.8 Å². The normalized spacial score (nSPS) is 14.0. The Kier molecular flexibility index (Phi) is 4.68. The molecule has 0 unspecified atom stereocenters. The van der Waals surface area contributed by atoms with E-state index in [4.69, 9.17) is 0 Å². The van der Waals surface area contributed by atoms with E-state index >= 15 is 0 Å². The molecule has 3 nitrogen and oxygen atoms in total. The van der Waals surface area contributed by atoms with E-state index in [1.54, 1.807) is 29.7 Å².